The molecule has 0 aliphatic carbocycles. The number of hydrogen-bond donors (Lipinski definition) is 0. The maximum Gasteiger partial charge on any atom is 0.338 e. The van der Waals surface area contributed by atoms with Crippen LogP contribution in [0.5, 0.6) is 0 Å². The molecule has 4 aromatic carbocycles. The molecule has 4 aromatic rings. The zero-order valence-corrected chi connectivity index (χ0v) is 33.7. The van der Waals surface area contributed by atoms with Gasteiger partial charge < -0.3 is 23.4 Å². The highest BCUT2D eigenvalue weighted by Gasteiger charge is 2.50. The summed E-state index contributed by atoms with van der Waals surface area (Å²) in [6, 6.07) is 33.6. The van der Waals surface area contributed by atoms with Gasteiger partial charge in [0.2, 0.25) is 0 Å². The first-order valence-electron chi connectivity index (χ1n) is 17.8. The molecule has 0 spiro atoms. The predicted octanol–water partition coefficient (Wildman–Crippen LogP) is 8.72. The van der Waals surface area contributed by atoms with Crippen LogP contribution in [0.2, 0.25) is 18.1 Å². The quantitative estimate of drug-likeness (QED) is 0.0655. The first-order chi connectivity index (χ1) is 25.8. The average molecular weight is 787 g/mol. The Morgan fingerprint density at radius 1 is 0.574 bits per heavy atom. The highest BCUT2D eigenvalue weighted by Crippen LogP contribution is 2.40. The lowest BCUT2D eigenvalue weighted by Crippen LogP contribution is -2.56. The Morgan fingerprint density at radius 3 is 1.31 bits per heavy atom. The second-order valence-corrected chi connectivity index (χ2v) is 21.8. The lowest BCUT2D eigenvalue weighted by atomic mass is 10.0. The molecule has 4 atom stereocenters. The summed E-state index contributed by atoms with van der Waals surface area (Å²) in [6.07, 6.45) is -5.44. The Morgan fingerprint density at radius 2 is 0.926 bits per heavy atom. The summed E-state index contributed by atoms with van der Waals surface area (Å²) in [5.41, 5.74) is 0.993. The van der Waals surface area contributed by atoms with E-state index in [0.29, 0.717) is 0 Å². The molecule has 0 amide bonds. The fourth-order valence-electron chi connectivity index (χ4n) is 5.30. The Labute approximate surface area is 326 Å². The van der Waals surface area contributed by atoms with Crippen molar-refractivity contribution in [2.24, 2.45) is 0 Å². The normalized spacial score (nSPS) is 15.6. The van der Waals surface area contributed by atoms with Crippen molar-refractivity contribution >= 4 is 55.7 Å². The van der Waals surface area contributed by atoms with Crippen molar-refractivity contribution in [1.29, 1.82) is 0 Å². The van der Waals surface area contributed by atoms with Crippen molar-refractivity contribution < 1.29 is 42.6 Å². The van der Waals surface area contributed by atoms with Crippen LogP contribution >= 0.6 is 23.5 Å². The van der Waals surface area contributed by atoms with Gasteiger partial charge in [0.1, 0.15) is 0 Å². The number of carbonyl (C=O) groups excluding carboxylic acids is 4. The minimum Gasteiger partial charge on any atom is -0.453 e. The Balaban J connectivity index is 1.66. The summed E-state index contributed by atoms with van der Waals surface area (Å²) < 4.78 is 31.5. The van der Waals surface area contributed by atoms with E-state index in [2.05, 4.69) is 33.9 Å². The summed E-state index contributed by atoms with van der Waals surface area (Å²) in [7, 11) is -2.52. The molecule has 1 fully saturated rings. The zero-order chi connectivity index (χ0) is 38.7. The monoisotopic (exact) mass is 786 g/mol. The van der Waals surface area contributed by atoms with E-state index >= 15 is 0 Å². The largest absolute Gasteiger partial charge is 0.453 e. The van der Waals surface area contributed by atoms with Gasteiger partial charge in [-0.05, 0) is 66.7 Å². The van der Waals surface area contributed by atoms with E-state index in [9.17, 15) is 19.2 Å². The van der Waals surface area contributed by atoms with Gasteiger partial charge in [0.05, 0.1) is 33.4 Å². The van der Waals surface area contributed by atoms with Gasteiger partial charge >= 0.3 is 23.9 Å². The van der Waals surface area contributed by atoms with Crippen molar-refractivity contribution in [3.63, 3.8) is 0 Å². The van der Waals surface area contributed by atoms with Crippen LogP contribution in [0.15, 0.2) is 121 Å². The maximum atomic E-state index is 14.1. The van der Waals surface area contributed by atoms with Crippen LogP contribution in [0.4, 0.5) is 0 Å². The molecule has 0 aromatic heterocycles. The number of carbonyl (C=O) groups is 4. The van der Waals surface area contributed by atoms with E-state index in [1.54, 1.807) is 121 Å². The lowest BCUT2D eigenvalue weighted by molar-refractivity contribution is -0.126. The summed E-state index contributed by atoms with van der Waals surface area (Å²) in [6.45, 7) is 10.1. The first kappa shape index (κ1) is 40.8. The number of ether oxygens (including phenoxy) is 4. The highest BCUT2D eigenvalue weighted by molar-refractivity contribution is 8.20. The summed E-state index contributed by atoms with van der Waals surface area (Å²) in [4.78, 5) is 55.9. The topological polar surface area (TPSA) is 114 Å². The van der Waals surface area contributed by atoms with Gasteiger partial charge in [0.25, 0.3) is 0 Å². The van der Waals surface area contributed by atoms with E-state index in [1.165, 1.54) is 23.5 Å². The molecule has 1 aliphatic heterocycles. The molecule has 0 bridgehead atoms. The van der Waals surface area contributed by atoms with Gasteiger partial charge in [-0.2, -0.15) is 0 Å². The molecule has 1 aliphatic rings. The summed E-state index contributed by atoms with van der Waals surface area (Å²) >= 11 is 3.07. The van der Waals surface area contributed by atoms with Gasteiger partial charge in [-0.25, -0.2) is 19.2 Å². The van der Waals surface area contributed by atoms with Crippen LogP contribution in [0.25, 0.3) is 0 Å². The maximum absolute atomic E-state index is 14.1. The summed E-state index contributed by atoms with van der Waals surface area (Å²) in [5.74, 6) is -1.37. The smallest absolute Gasteiger partial charge is 0.338 e. The number of rotatable bonds is 15. The third kappa shape index (κ3) is 10.9. The van der Waals surface area contributed by atoms with Crippen molar-refractivity contribution in [3.8, 4) is 0 Å². The molecule has 5 rings (SSSR count). The molecule has 12 heteroatoms. The molecule has 1 heterocycles. The van der Waals surface area contributed by atoms with Crippen molar-refractivity contribution in [2.75, 3.05) is 18.1 Å². The third-order valence-corrected chi connectivity index (χ3v) is 17.0. The van der Waals surface area contributed by atoms with E-state index in [4.69, 9.17) is 23.4 Å². The Kier molecular flexibility index (Phi) is 14.2. The van der Waals surface area contributed by atoms with E-state index < -0.39 is 61.2 Å². The van der Waals surface area contributed by atoms with Gasteiger partial charge in [-0.1, -0.05) is 93.6 Å². The SMILES string of the molecule is CC(C)(C)[Si](C)(C)OC[C@@H](OC(=O)c1ccccc1)[C@H](OC(=O)c1ccccc1)[C@H](OC(=O)c1ccccc1)[C@@H](OC(=O)c1ccccc1)C1SCCS1. The van der Waals surface area contributed by atoms with Crippen LogP contribution in [-0.4, -0.2) is 79.3 Å². The minimum atomic E-state index is -2.52. The number of hydrogen-bond acceptors (Lipinski definition) is 11. The van der Waals surface area contributed by atoms with Gasteiger partial charge in [0, 0.05) is 11.5 Å². The van der Waals surface area contributed by atoms with Crippen molar-refractivity contribution in [2.45, 2.75) is 67.9 Å². The molecular formula is C42H46O9S2Si. The lowest BCUT2D eigenvalue weighted by Gasteiger charge is -2.40. The molecule has 284 valence electrons. The van der Waals surface area contributed by atoms with E-state index in [1.807, 2.05) is 0 Å². The number of thioether (sulfide) groups is 2. The van der Waals surface area contributed by atoms with Crippen molar-refractivity contribution in [1.82, 2.24) is 0 Å². The molecule has 1 saturated heterocycles. The molecule has 9 nitrogen and oxygen atoms in total. The molecular weight excluding hydrogens is 741 g/mol. The number of esters is 4. The third-order valence-electron chi connectivity index (χ3n) is 9.37. The molecule has 0 unspecified atom stereocenters. The second kappa shape index (κ2) is 18.8. The first-order valence-corrected chi connectivity index (χ1v) is 22.8. The molecule has 0 N–H and O–H groups in total. The van der Waals surface area contributed by atoms with Gasteiger partial charge in [0.15, 0.2) is 32.7 Å². The van der Waals surface area contributed by atoms with Crippen LogP contribution in [0.1, 0.15) is 62.2 Å². The van der Waals surface area contributed by atoms with Crippen LogP contribution in [-0.2, 0) is 23.4 Å². The Bertz CT molecular complexity index is 1830. The second-order valence-electron chi connectivity index (χ2n) is 14.2. The van der Waals surface area contributed by atoms with Crippen molar-refractivity contribution in [3.05, 3.63) is 144 Å². The zero-order valence-electron chi connectivity index (χ0n) is 31.0. The van der Waals surface area contributed by atoms with Crippen LogP contribution in [0.3, 0.4) is 0 Å². The standard InChI is InChI=1S/C42H46O9S2Si/c1-42(2,3)54(4,5)47-28-33(48-37(43)29-18-10-6-11-19-29)34(49-38(44)30-20-12-7-13-21-30)35(50-39(45)31-22-14-8-15-23-31)36(41-52-26-27-53-41)51-40(46)32-24-16-9-17-25-32/h6-25,33-36,41H,26-28H2,1-5H3/t33-,34+,35+,36-/m1/s1. The van der Waals surface area contributed by atoms with Crippen LogP contribution < -0.4 is 0 Å². The predicted molar refractivity (Wildman–Crippen MR) is 214 cm³/mol. The van der Waals surface area contributed by atoms with Gasteiger partial charge in [-0.3, -0.25) is 0 Å². The van der Waals surface area contributed by atoms with Gasteiger partial charge in [-0.15, -0.1) is 23.5 Å². The van der Waals surface area contributed by atoms with Crippen LogP contribution in [0, 0.1) is 0 Å². The molecule has 54 heavy (non-hydrogen) atoms. The van der Waals surface area contributed by atoms with E-state index in [-0.39, 0.29) is 33.9 Å². The molecule has 0 saturated carbocycles. The average Bonchev–Trinajstić information content (AvgIpc) is 3.73. The fourth-order valence-corrected chi connectivity index (χ4v) is 9.31. The van der Waals surface area contributed by atoms with E-state index in [0.717, 1.165) is 11.5 Å². The number of benzene rings is 4. The fraction of sp³-hybridized carbons (Fsp3) is 0.333. The summed E-state index contributed by atoms with van der Waals surface area (Å²) in [5, 5.41) is -0.235. The minimum absolute atomic E-state index is 0.203. The highest BCUT2D eigenvalue weighted by atomic mass is 32.2. The molecule has 0 radical (unpaired) electrons. The Hall–Kier alpha value is -4.36.